The number of pyridine rings is 1. The van der Waals surface area contributed by atoms with Crippen molar-refractivity contribution in [2.24, 2.45) is 0 Å². The Morgan fingerprint density at radius 2 is 1.63 bits per heavy atom. The molecule has 2 aromatic heterocycles. The summed E-state index contributed by atoms with van der Waals surface area (Å²) in [6, 6.07) is 23.7. The molecule has 0 spiro atoms. The fourth-order valence-corrected chi connectivity index (χ4v) is 4.71. The van der Waals surface area contributed by atoms with Crippen LogP contribution in [-0.4, -0.2) is 69.5 Å². The van der Waals surface area contributed by atoms with Crippen LogP contribution >= 0.6 is 11.8 Å². The maximum atomic E-state index is 12.7. The molecule has 2 aromatic carbocycles. The second-order valence-electron chi connectivity index (χ2n) is 8.38. The summed E-state index contributed by atoms with van der Waals surface area (Å²) in [6.07, 6.45) is 1.72. The average Bonchev–Trinajstić information content (AvgIpc) is 3.33. The molecular formula is C26H27N7OS. The number of aromatic nitrogens is 4. The molecule has 1 aliphatic rings. The normalized spacial score (nSPS) is 14.1. The third kappa shape index (κ3) is 5.52. The van der Waals surface area contributed by atoms with Crippen LogP contribution in [0.25, 0.3) is 17.1 Å². The lowest BCUT2D eigenvalue weighted by atomic mass is 10.2. The van der Waals surface area contributed by atoms with Gasteiger partial charge in [-0.15, -0.1) is 10.2 Å². The molecule has 8 nitrogen and oxygen atoms in total. The van der Waals surface area contributed by atoms with Gasteiger partial charge in [-0.25, -0.2) is 4.98 Å². The van der Waals surface area contributed by atoms with Gasteiger partial charge in [0.25, 0.3) is 0 Å². The molecule has 4 aromatic rings. The molecule has 1 fully saturated rings. The van der Waals surface area contributed by atoms with Crippen molar-refractivity contribution in [2.75, 3.05) is 49.2 Å². The summed E-state index contributed by atoms with van der Waals surface area (Å²) in [5.74, 6) is 1.77. The van der Waals surface area contributed by atoms with E-state index in [-0.39, 0.29) is 11.7 Å². The van der Waals surface area contributed by atoms with Crippen LogP contribution in [0.5, 0.6) is 0 Å². The first-order chi connectivity index (χ1) is 17.2. The summed E-state index contributed by atoms with van der Waals surface area (Å²) < 4.78 is 1.99. The largest absolute Gasteiger partial charge is 0.354 e. The van der Waals surface area contributed by atoms with Crippen LogP contribution < -0.4 is 10.2 Å². The predicted octanol–water partition coefficient (Wildman–Crippen LogP) is 3.81. The number of nitrogens with one attached hydrogen (secondary N) is 1. The first-order valence-corrected chi connectivity index (χ1v) is 12.5. The number of rotatable bonds is 7. The van der Waals surface area contributed by atoms with Gasteiger partial charge in [0.2, 0.25) is 5.91 Å². The summed E-state index contributed by atoms with van der Waals surface area (Å²) in [6.45, 7) is 3.96. The SMILES string of the molecule is CN1CCN(c2ccc(NC(=O)CSc3nnc(-c4ccccc4)n3-c3ccccc3)cn2)CC1. The average molecular weight is 486 g/mol. The molecule has 0 unspecified atom stereocenters. The number of thioether (sulfide) groups is 1. The van der Waals surface area contributed by atoms with Gasteiger partial charge in [-0.3, -0.25) is 9.36 Å². The number of nitrogens with zero attached hydrogens (tertiary/aromatic N) is 6. The lowest BCUT2D eigenvalue weighted by Gasteiger charge is -2.33. The van der Waals surface area contributed by atoms with Gasteiger partial charge in [-0.1, -0.05) is 60.3 Å². The van der Waals surface area contributed by atoms with Gasteiger partial charge >= 0.3 is 0 Å². The topological polar surface area (TPSA) is 79.2 Å². The molecule has 1 amide bonds. The molecule has 1 saturated heterocycles. The van der Waals surface area contributed by atoms with Gasteiger partial charge in [-0.2, -0.15) is 0 Å². The number of likely N-dealkylation sites (N-methyl/N-ethyl adjacent to an activating group) is 1. The van der Waals surface area contributed by atoms with Crippen LogP contribution in [0.3, 0.4) is 0 Å². The van der Waals surface area contributed by atoms with E-state index in [0.717, 1.165) is 49.1 Å². The van der Waals surface area contributed by atoms with Crippen molar-refractivity contribution in [3.8, 4) is 17.1 Å². The highest BCUT2D eigenvalue weighted by Crippen LogP contribution is 2.28. The van der Waals surface area contributed by atoms with Crippen LogP contribution in [0.4, 0.5) is 11.5 Å². The Kier molecular flexibility index (Phi) is 7.06. The number of amides is 1. The second kappa shape index (κ2) is 10.7. The molecule has 9 heteroatoms. The molecule has 0 radical (unpaired) electrons. The van der Waals surface area contributed by atoms with Crippen LogP contribution in [0.1, 0.15) is 0 Å². The molecule has 178 valence electrons. The minimum Gasteiger partial charge on any atom is -0.354 e. The Morgan fingerprint density at radius 1 is 0.914 bits per heavy atom. The van der Waals surface area contributed by atoms with E-state index in [1.54, 1.807) is 6.20 Å². The maximum absolute atomic E-state index is 12.7. The number of benzene rings is 2. The Morgan fingerprint density at radius 3 is 2.31 bits per heavy atom. The van der Waals surface area contributed by atoms with Crippen molar-refractivity contribution in [2.45, 2.75) is 5.16 Å². The van der Waals surface area contributed by atoms with Gasteiger partial charge in [0.05, 0.1) is 17.6 Å². The number of hydrogen-bond donors (Lipinski definition) is 1. The van der Waals surface area contributed by atoms with Crippen LogP contribution in [0.15, 0.2) is 84.1 Å². The summed E-state index contributed by atoms with van der Waals surface area (Å²) >= 11 is 1.35. The highest BCUT2D eigenvalue weighted by Gasteiger charge is 2.18. The molecular weight excluding hydrogens is 458 g/mol. The van der Waals surface area contributed by atoms with Crippen molar-refractivity contribution < 1.29 is 4.79 Å². The van der Waals surface area contributed by atoms with E-state index >= 15 is 0 Å². The van der Waals surface area contributed by atoms with E-state index in [1.807, 2.05) is 77.4 Å². The summed E-state index contributed by atoms with van der Waals surface area (Å²) in [5.41, 5.74) is 2.60. The van der Waals surface area contributed by atoms with E-state index in [9.17, 15) is 4.79 Å². The highest BCUT2D eigenvalue weighted by molar-refractivity contribution is 7.99. The lowest BCUT2D eigenvalue weighted by molar-refractivity contribution is -0.113. The smallest absolute Gasteiger partial charge is 0.234 e. The summed E-state index contributed by atoms with van der Waals surface area (Å²) in [4.78, 5) is 21.8. The van der Waals surface area contributed by atoms with Crippen molar-refractivity contribution in [3.63, 3.8) is 0 Å². The first-order valence-electron chi connectivity index (χ1n) is 11.6. The zero-order valence-corrected chi connectivity index (χ0v) is 20.4. The standard InChI is InChI=1S/C26H27N7OS/c1-31-14-16-32(17-15-31)23-13-12-21(18-27-23)28-24(34)19-35-26-30-29-25(20-8-4-2-5-9-20)33(26)22-10-6-3-7-11-22/h2-13,18H,14-17,19H2,1H3,(H,28,34). The van der Waals surface area contributed by atoms with Gasteiger partial charge in [-0.05, 0) is 31.3 Å². The molecule has 0 saturated carbocycles. The minimum atomic E-state index is -0.118. The van der Waals surface area contributed by atoms with Crippen molar-refractivity contribution >= 4 is 29.2 Å². The monoisotopic (exact) mass is 485 g/mol. The zero-order chi connectivity index (χ0) is 24.0. The molecule has 5 rings (SSSR count). The number of carbonyl (C=O) groups excluding carboxylic acids is 1. The Hall–Kier alpha value is -3.69. The summed E-state index contributed by atoms with van der Waals surface area (Å²) in [5, 5.41) is 12.4. The van der Waals surface area contributed by atoms with Crippen LogP contribution in [0, 0.1) is 0 Å². The molecule has 0 atom stereocenters. The third-order valence-corrected chi connectivity index (χ3v) is 6.80. The fourth-order valence-electron chi connectivity index (χ4n) is 3.96. The number of piperazine rings is 1. The molecule has 3 heterocycles. The number of carbonyl (C=O) groups is 1. The third-order valence-electron chi connectivity index (χ3n) is 5.87. The van der Waals surface area contributed by atoms with Gasteiger partial charge in [0.1, 0.15) is 5.82 Å². The van der Waals surface area contributed by atoms with Gasteiger partial charge in [0, 0.05) is 37.4 Å². The van der Waals surface area contributed by atoms with Crippen LogP contribution in [0.2, 0.25) is 0 Å². The van der Waals surface area contributed by atoms with E-state index in [2.05, 4.69) is 37.3 Å². The lowest BCUT2D eigenvalue weighted by Crippen LogP contribution is -2.44. The number of para-hydroxylation sites is 1. The molecule has 1 aliphatic heterocycles. The Bertz CT molecular complexity index is 1250. The molecule has 0 bridgehead atoms. The Labute approximate surface area is 209 Å². The van der Waals surface area contributed by atoms with Crippen molar-refractivity contribution in [1.82, 2.24) is 24.6 Å². The highest BCUT2D eigenvalue weighted by atomic mass is 32.2. The zero-order valence-electron chi connectivity index (χ0n) is 19.5. The first kappa shape index (κ1) is 23.1. The van der Waals surface area contributed by atoms with E-state index in [1.165, 1.54) is 11.8 Å². The van der Waals surface area contributed by atoms with E-state index in [0.29, 0.717) is 10.8 Å². The maximum Gasteiger partial charge on any atom is 0.234 e. The Balaban J connectivity index is 1.26. The van der Waals surface area contributed by atoms with E-state index in [4.69, 9.17) is 0 Å². The summed E-state index contributed by atoms with van der Waals surface area (Å²) in [7, 11) is 2.13. The molecule has 35 heavy (non-hydrogen) atoms. The molecule has 1 N–H and O–H groups in total. The number of anilines is 2. The second-order valence-corrected chi connectivity index (χ2v) is 9.32. The molecule has 0 aliphatic carbocycles. The van der Waals surface area contributed by atoms with Crippen molar-refractivity contribution in [1.29, 1.82) is 0 Å². The number of hydrogen-bond acceptors (Lipinski definition) is 7. The van der Waals surface area contributed by atoms with Crippen LogP contribution in [-0.2, 0) is 4.79 Å². The van der Waals surface area contributed by atoms with Gasteiger partial charge < -0.3 is 15.1 Å². The van der Waals surface area contributed by atoms with Crippen molar-refractivity contribution in [3.05, 3.63) is 79.0 Å². The fraction of sp³-hybridized carbons (Fsp3) is 0.231. The van der Waals surface area contributed by atoms with Gasteiger partial charge in [0.15, 0.2) is 11.0 Å². The predicted molar refractivity (Wildman–Crippen MR) is 140 cm³/mol. The minimum absolute atomic E-state index is 0.118. The quantitative estimate of drug-likeness (QED) is 0.399. The van der Waals surface area contributed by atoms with E-state index < -0.39 is 0 Å².